The van der Waals surface area contributed by atoms with E-state index in [9.17, 15) is 0 Å². The van der Waals surface area contributed by atoms with Crippen molar-refractivity contribution >= 4 is 18.4 Å². The van der Waals surface area contributed by atoms with Crippen LogP contribution in [0.1, 0.15) is 11.1 Å². The summed E-state index contributed by atoms with van der Waals surface area (Å²) in [6.07, 6.45) is 1.73. The van der Waals surface area contributed by atoms with Crippen LogP contribution in [-0.4, -0.2) is 34.3 Å². The van der Waals surface area contributed by atoms with E-state index in [2.05, 4.69) is 15.3 Å². The lowest BCUT2D eigenvalue weighted by Gasteiger charge is -2.18. The molecule has 1 aliphatic heterocycles. The molecule has 25 heavy (non-hydrogen) atoms. The highest BCUT2D eigenvalue weighted by Gasteiger charge is 2.12. The second-order valence-corrected chi connectivity index (χ2v) is 6.01. The molecule has 0 spiro atoms. The van der Waals surface area contributed by atoms with Gasteiger partial charge in [0.15, 0.2) is 17.3 Å². The summed E-state index contributed by atoms with van der Waals surface area (Å²) >= 11 is 5.32. The van der Waals surface area contributed by atoms with Crippen LogP contribution >= 0.6 is 12.2 Å². The molecule has 0 aliphatic carbocycles. The Hall–Kier alpha value is -2.93. The number of aryl methyl sites for hydroxylation is 1. The first-order valence-corrected chi connectivity index (χ1v) is 8.30. The minimum absolute atomic E-state index is 0.437. The first kappa shape index (κ1) is 15.6. The molecule has 0 saturated heterocycles. The highest BCUT2D eigenvalue weighted by molar-refractivity contribution is 7.71. The fourth-order valence-electron chi connectivity index (χ4n) is 2.66. The van der Waals surface area contributed by atoms with E-state index in [1.807, 2.05) is 49.4 Å². The monoisotopic (exact) mass is 352 g/mol. The van der Waals surface area contributed by atoms with Crippen LogP contribution in [0, 0.1) is 11.7 Å². The van der Waals surface area contributed by atoms with Gasteiger partial charge in [-0.1, -0.05) is 24.3 Å². The van der Waals surface area contributed by atoms with Crippen molar-refractivity contribution in [3.63, 3.8) is 0 Å². The van der Waals surface area contributed by atoms with Gasteiger partial charge in [-0.15, -0.1) is 0 Å². The van der Waals surface area contributed by atoms with Crippen molar-refractivity contribution in [2.24, 2.45) is 5.10 Å². The van der Waals surface area contributed by atoms with Crippen molar-refractivity contribution in [3.05, 3.63) is 58.4 Å². The third-order valence-electron chi connectivity index (χ3n) is 3.92. The number of aromatic nitrogens is 3. The summed E-state index contributed by atoms with van der Waals surface area (Å²) in [6, 6.07) is 13.7. The lowest BCUT2D eigenvalue weighted by atomic mass is 10.1. The first-order chi connectivity index (χ1) is 12.2. The highest BCUT2D eigenvalue weighted by atomic mass is 32.1. The standard InChI is InChI=1S/C18H16N4O2S/c1-12-4-2-3-5-14(12)17-20-21-18(25)22(17)19-11-13-6-7-15-16(10-13)24-9-8-23-15/h2-7,10-11H,8-9H2,1H3,(H,21,25). The van der Waals surface area contributed by atoms with Gasteiger partial charge in [-0.3, -0.25) is 0 Å². The number of fused-ring (bicyclic) bond motifs is 1. The first-order valence-electron chi connectivity index (χ1n) is 7.90. The molecule has 2 heterocycles. The molecule has 0 radical (unpaired) electrons. The van der Waals surface area contributed by atoms with Gasteiger partial charge in [-0.25, -0.2) is 5.10 Å². The van der Waals surface area contributed by atoms with E-state index in [1.54, 1.807) is 10.9 Å². The van der Waals surface area contributed by atoms with Crippen molar-refractivity contribution in [2.75, 3.05) is 13.2 Å². The number of nitrogens with one attached hydrogen (secondary N) is 1. The van der Waals surface area contributed by atoms with Crippen LogP contribution in [0.15, 0.2) is 47.6 Å². The van der Waals surface area contributed by atoms with Crippen LogP contribution in [0.25, 0.3) is 11.4 Å². The number of benzene rings is 2. The molecule has 2 aromatic carbocycles. The van der Waals surface area contributed by atoms with Gasteiger partial charge in [-0.05, 0) is 48.5 Å². The molecule has 1 aliphatic rings. The maximum atomic E-state index is 5.60. The van der Waals surface area contributed by atoms with Gasteiger partial charge in [0, 0.05) is 5.56 Å². The lowest BCUT2D eigenvalue weighted by molar-refractivity contribution is 0.171. The van der Waals surface area contributed by atoms with Crippen molar-refractivity contribution in [3.8, 4) is 22.9 Å². The summed E-state index contributed by atoms with van der Waals surface area (Å²) in [5, 5.41) is 11.6. The SMILES string of the molecule is Cc1ccccc1-c1n[nH]c(=S)n1N=Cc1ccc2c(c1)OCCO2. The predicted octanol–water partition coefficient (Wildman–Crippen LogP) is 3.57. The second-order valence-electron chi connectivity index (χ2n) is 5.63. The number of ether oxygens (including phenoxy) is 2. The Balaban J connectivity index is 1.70. The van der Waals surface area contributed by atoms with Gasteiger partial charge < -0.3 is 9.47 Å². The highest BCUT2D eigenvalue weighted by Crippen LogP contribution is 2.30. The quantitative estimate of drug-likeness (QED) is 0.578. The van der Waals surface area contributed by atoms with Gasteiger partial charge in [0.05, 0.1) is 6.21 Å². The maximum Gasteiger partial charge on any atom is 0.216 e. The fraction of sp³-hybridized carbons (Fsp3) is 0.167. The van der Waals surface area contributed by atoms with E-state index in [4.69, 9.17) is 21.7 Å². The Bertz CT molecular complexity index is 1010. The Labute approximate surface area is 149 Å². The minimum atomic E-state index is 0.437. The van der Waals surface area contributed by atoms with Crippen molar-refractivity contribution < 1.29 is 9.47 Å². The van der Waals surface area contributed by atoms with Gasteiger partial charge in [0.1, 0.15) is 13.2 Å². The number of H-pyrrole nitrogens is 1. The Morgan fingerprint density at radius 2 is 1.96 bits per heavy atom. The van der Waals surface area contributed by atoms with Crippen molar-refractivity contribution in [2.45, 2.75) is 6.92 Å². The largest absolute Gasteiger partial charge is 0.486 e. The molecular weight excluding hydrogens is 336 g/mol. The molecule has 0 fully saturated rings. The summed E-state index contributed by atoms with van der Waals surface area (Å²) in [5.74, 6) is 2.16. The van der Waals surface area contributed by atoms with Crippen LogP contribution in [0.4, 0.5) is 0 Å². The molecule has 4 rings (SSSR count). The average molecular weight is 352 g/mol. The average Bonchev–Trinajstić information content (AvgIpc) is 3.00. The van der Waals surface area contributed by atoms with Crippen LogP contribution in [0.5, 0.6) is 11.5 Å². The number of rotatable bonds is 3. The molecular formula is C18H16N4O2S. The van der Waals surface area contributed by atoms with Gasteiger partial charge in [-0.2, -0.15) is 14.9 Å². The lowest BCUT2D eigenvalue weighted by Crippen LogP contribution is -2.15. The van der Waals surface area contributed by atoms with Gasteiger partial charge in [0.2, 0.25) is 4.77 Å². The molecule has 0 amide bonds. The number of nitrogens with zero attached hydrogens (tertiary/aromatic N) is 3. The fourth-order valence-corrected chi connectivity index (χ4v) is 2.84. The smallest absolute Gasteiger partial charge is 0.216 e. The van der Waals surface area contributed by atoms with Crippen LogP contribution in [0.2, 0.25) is 0 Å². The molecule has 0 atom stereocenters. The number of hydrogen-bond acceptors (Lipinski definition) is 5. The van der Waals surface area contributed by atoms with E-state index in [0.29, 0.717) is 23.8 Å². The summed E-state index contributed by atoms with van der Waals surface area (Å²) in [6.45, 7) is 3.16. The van der Waals surface area contributed by atoms with Gasteiger partial charge >= 0.3 is 0 Å². The van der Waals surface area contributed by atoms with Crippen molar-refractivity contribution in [1.29, 1.82) is 0 Å². The maximum absolute atomic E-state index is 5.60. The van der Waals surface area contributed by atoms with E-state index in [1.165, 1.54) is 0 Å². The summed E-state index contributed by atoms with van der Waals surface area (Å²) in [5.41, 5.74) is 2.98. The third-order valence-corrected chi connectivity index (χ3v) is 4.19. The molecule has 0 unspecified atom stereocenters. The van der Waals surface area contributed by atoms with Crippen LogP contribution in [-0.2, 0) is 0 Å². The second kappa shape index (κ2) is 6.52. The normalized spacial score (nSPS) is 13.3. The zero-order valence-electron chi connectivity index (χ0n) is 13.6. The summed E-state index contributed by atoms with van der Waals surface area (Å²) < 4.78 is 13.2. The number of aromatic amines is 1. The molecule has 126 valence electrons. The molecule has 0 bridgehead atoms. The molecule has 1 N–H and O–H groups in total. The van der Waals surface area contributed by atoms with E-state index in [-0.39, 0.29) is 0 Å². The third kappa shape index (κ3) is 3.06. The topological polar surface area (TPSA) is 64.4 Å². The Kier molecular flexibility index (Phi) is 4.07. The van der Waals surface area contributed by atoms with Crippen LogP contribution in [0.3, 0.4) is 0 Å². The molecule has 1 aromatic heterocycles. The van der Waals surface area contributed by atoms with E-state index >= 15 is 0 Å². The molecule has 3 aromatic rings. The molecule has 7 heteroatoms. The Morgan fingerprint density at radius 1 is 1.16 bits per heavy atom. The summed E-state index contributed by atoms with van der Waals surface area (Å²) in [7, 11) is 0. The van der Waals surface area contributed by atoms with Crippen LogP contribution < -0.4 is 9.47 Å². The zero-order chi connectivity index (χ0) is 17.2. The van der Waals surface area contributed by atoms with Crippen molar-refractivity contribution in [1.82, 2.24) is 14.9 Å². The summed E-state index contributed by atoms with van der Waals surface area (Å²) in [4.78, 5) is 0. The zero-order valence-corrected chi connectivity index (χ0v) is 14.4. The predicted molar refractivity (Wildman–Crippen MR) is 98.0 cm³/mol. The number of hydrogen-bond donors (Lipinski definition) is 1. The molecule has 0 saturated carbocycles. The van der Waals surface area contributed by atoms with Gasteiger partial charge in [0.25, 0.3) is 0 Å². The minimum Gasteiger partial charge on any atom is -0.486 e. The Morgan fingerprint density at radius 3 is 2.80 bits per heavy atom. The van der Waals surface area contributed by atoms with E-state index in [0.717, 1.165) is 28.2 Å². The molecule has 6 nitrogen and oxygen atoms in total. The van der Waals surface area contributed by atoms with E-state index < -0.39 is 0 Å².